The largest absolute Gasteiger partial charge is 0.493 e. The van der Waals surface area contributed by atoms with Crippen molar-refractivity contribution in [1.82, 2.24) is 4.90 Å². The zero-order valence-corrected chi connectivity index (χ0v) is 12.1. The maximum Gasteiger partial charge on any atom is 0.165 e. The van der Waals surface area contributed by atoms with Crippen LogP contribution in [0.1, 0.15) is 27.1 Å². The molecule has 4 heteroatoms. The molecule has 1 spiro atoms. The third-order valence-corrected chi connectivity index (χ3v) is 5.33. The molecule has 1 N–H and O–H groups in total. The fraction of sp³-hybridized carbons (Fsp3) is 0.556. The summed E-state index contributed by atoms with van der Waals surface area (Å²) in [6.45, 7) is -2.61. The zero-order valence-electron chi connectivity index (χ0n) is 19.1. The van der Waals surface area contributed by atoms with Crippen LogP contribution in [0, 0.1) is 5.89 Å². The molecule has 1 aromatic rings. The summed E-state index contributed by atoms with van der Waals surface area (Å²) in [7, 11) is 1.44. The lowest BCUT2D eigenvalue weighted by Crippen LogP contribution is -2.64. The molecular weight excluding hydrogens is 278 g/mol. The number of aliphatic hydroxyl groups is 1. The predicted octanol–water partition coefficient (Wildman–Crippen LogP) is 1.50. The van der Waals surface area contributed by atoms with Gasteiger partial charge in [0, 0.05) is 31.1 Å². The summed E-state index contributed by atoms with van der Waals surface area (Å²) in [5.74, 6) is -1.20. The fourth-order valence-corrected chi connectivity index (χ4v) is 4.41. The van der Waals surface area contributed by atoms with Crippen molar-refractivity contribution in [3.8, 4) is 11.5 Å². The van der Waals surface area contributed by atoms with Crippen molar-refractivity contribution in [1.29, 1.82) is 0 Å². The monoisotopic (exact) mass is 306 g/mol. The lowest BCUT2D eigenvalue weighted by atomic mass is 9.53. The summed E-state index contributed by atoms with van der Waals surface area (Å²) in [5.41, 5.74) is -0.628. The number of ether oxygens (including phenoxy) is 2. The van der Waals surface area contributed by atoms with Crippen LogP contribution in [-0.2, 0) is 11.8 Å². The van der Waals surface area contributed by atoms with Crippen molar-refractivity contribution in [2.45, 2.75) is 36.4 Å². The van der Waals surface area contributed by atoms with Gasteiger partial charge < -0.3 is 19.5 Å². The Kier molecular flexibility index (Phi) is 1.45. The van der Waals surface area contributed by atoms with Gasteiger partial charge in [-0.05, 0) is 37.9 Å². The molecule has 0 radical (unpaired) electrons. The quantitative estimate of drug-likeness (QED) is 0.799. The van der Waals surface area contributed by atoms with E-state index in [0.717, 1.165) is 11.0 Å². The molecule has 0 aromatic heterocycles. The van der Waals surface area contributed by atoms with Gasteiger partial charge in [-0.15, -0.1) is 0 Å². The number of methoxy groups -OCH3 is 1. The van der Waals surface area contributed by atoms with E-state index in [0.29, 0.717) is 11.3 Å². The summed E-state index contributed by atoms with van der Waals surface area (Å²) in [5, 5.41) is 10.8. The SMILES string of the molecule is [2H]C1(O)C=C[C@@]2([2H])[C@@H]3N(C([2H])([2H])[2H])CC[C@@]24c2c(ccc(OC)c2OC14)C3([2H])[2H]. The topological polar surface area (TPSA) is 41.9 Å². The second-order valence-corrected chi connectivity index (χ2v) is 6.19. The van der Waals surface area contributed by atoms with E-state index >= 15 is 0 Å². The highest BCUT2D eigenvalue weighted by molar-refractivity contribution is 5.62. The molecule has 1 aromatic carbocycles. The molecule has 4 aliphatic rings. The van der Waals surface area contributed by atoms with Gasteiger partial charge in [0.05, 0.1) is 8.48 Å². The lowest BCUT2D eigenvalue weighted by Gasteiger charge is -2.56. The van der Waals surface area contributed by atoms with Crippen LogP contribution in [0.2, 0.25) is 0 Å². The molecule has 1 saturated heterocycles. The highest BCUT2D eigenvalue weighted by atomic mass is 16.5. The number of benzene rings is 1. The van der Waals surface area contributed by atoms with Crippen molar-refractivity contribution in [2.75, 3.05) is 20.6 Å². The van der Waals surface area contributed by atoms with Gasteiger partial charge in [0.25, 0.3) is 0 Å². The van der Waals surface area contributed by atoms with E-state index in [9.17, 15) is 6.48 Å². The number of likely N-dealkylation sites (tertiary alicyclic amines) is 1. The van der Waals surface area contributed by atoms with Gasteiger partial charge in [0.15, 0.2) is 11.5 Å². The number of likely N-dealkylation sites (N-methyl/N-ethyl adjacent to an activating group) is 1. The highest BCUT2D eigenvalue weighted by Gasteiger charge is 2.64. The maximum absolute atomic E-state index is 10.8. The Labute approximate surface area is 140 Å². The van der Waals surface area contributed by atoms with Crippen molar-refractivity contribution in [3.05, 3.63) is 35.4 Å². The summed E-state index contributed by atoms with van der Waals surface area (Å²) >= 11 is 0. The number of hydrogen-bond donors (Lipinski definition) is 1. The van der Waals surface area contributed by atoms with Crippen molar-refractivity contribution < 1.29 is 24.2 Å². The molecule has 2 unspecified atom stereocenters. The third-order valence-electron chi connectivity index (χ3n) is 5.33. The van der Waals surface area contributed by atoms with E-state index in [1.54, 1.807) is 12.1 Å². The van der Waals surface area contributed by atoms with E-state index in [1.807, 2.05) is 0 Å². The van der Waals surface area contributed by atoms with Crippen LogP contribution >= 0.6 is 0 Å². The van der Waals surface area contributed by atoms with Crippen LogP contribution in [0.15, 0.2) is 24.3 Å². The number of hydrogen-bond acceptors (Lipinski definition) is 4. The van der Waals surface area contributed by atoms with E-state index in [2.05, 4.69) is 0 Å². The first-order chi connectivity index (χ1) is 13.3. The van der Waals surface area contributed by atoms with Crippen molar-refractivity contribution >= 4 is 0 Å². The Morgan fingerprint density at radius 1 is 1.55 bits per heavy atom. The summed E-state index contributed by atoms with van der Waals surface area (Å²) in [6, 6.07) is 1.74. The standard InChI is InChI=1S/C18H21NO3/c1-19-8-7-18-11-4-5-13(20)17(18)22-16-14(21-2)6-3-10(15(16)18)9-12(11)19/h3-6,11-13,17,20H,7-9H2,1-2H3/t11-,12+,13?,17?,18-/m0/s1/i1D3,9D2,11D,13D. The molecule has 2 heterocycles. The van der Waals surface area contributed by atoms with Crippen LogP contribution in [-0.4, -0.2) is 48.9 Å². The Morgan fingerprint density at radius 3 is 3.27 bits per heavy atom. The van der Waals surface area contributed by atoms with E-state index < -0.39 is 42.9 Å². The predicted molar refractivity (Wildman–Crippen MR) is 82.5 cm³/mol. The minimum absolute atomic E-state index is 0.0127. The van der Waals surface area contributed by atoms with Gasteiger partial charge in [0.2, 0.25) is 0 Å². The number of rotatable bonds is 1. The molecule has 2 bridgehead atoms. The second-order valence-electron chi connectivity index (χ2n) is 6.19. The normalized spacial score (nSPS) is 55.3. The Bertz CT molecular complexity index is 946. The third kappa shape index (κ3) is 1.28. The first-order valence-electron chi connectivity index (χ1n) is 10.9. The summed E-state index contributed by atoms with van der Waals surface area (Å²) in [4.78, 5) is 1.08. The minimum atomic E-state index is -2.60. The minimum Gasteiger partial charge on any atom is -0.493 e. The summed E-state index contributed by atoms with van der Waals surface area (Å²) in [6.07, 6.45) is -2.96. The molecular formula is C18H21NO3. The first kappa shape index (κ1) is 7.84. The van der Waals surface area contributed by atoms with Crippen LogP contribution < -0.4 is 9.47 Å². The van der Waals surface area contributed by atoms with Crippen molar-refractivity contribution in [2.24, 2.45) is 5.89 Å². The number of piperidine rings is 1. The van der Waals surface area contributed by atoms with Gasteiger partial charge in [0.1, 0.15) is 12.2 Å². The smallest absolute Gasteiger partial charge is 0.165 e. The van der Waals surface area contributed by atoms with Gasteiger partial charge in [-0.1, -0.05) is 18.2 Å². The van der Waals surface area contributed by atoms with Gasteiger partial charge in [-0.25, -0.2) is 0 Å². The van der Waals surface area contributed by atoms with Crippen LogP contribution in [0.3, 0.4) is 0 Å². The highest BCUT2D eigenvalue weighted by Crippen LogP contribution is 2.62. The molecule has 5 atom stereocenters. The van der Waals surface area contributed by atoms with Crippen molar-refractivity contribution in [3.63, 3.8) is 0 Å². The summed E-state index contributed by atoms with van der Waals surface area (Å²) < 4.78 is 70.9. The van der Waals surface area contributed by atoms with Gasteiger partial charge in [-0.2, -0.15) is 0 Å². The molecule has 4 nitrogen and oxygen atoms in total. The first-order valence-corrected chi connectivity index (χ1v) is 7.40. The molecule has 0 amide bonds. The molecule has 22 heavy (non-hydrogen) atoms. The number of nitrogens with zero attached hydrogens (tertiary/aromatic N) is 1. The van der Waals surface area contributed by atoms with Gasteiger partial charge in [-0.3, -0.25) is 0 Å². The van der Waals surface area contributed by atoms with Crippen LogP contribution in [0.4, 0.5) is 0 Å². The molecule has 0 saturated carbocycles. The van der Waals surface area contributed by atoms with Crippen LogP contribution in [0.25, 0.3) is 0 Å². The molecule has 5 rings (SSSR count). The van der Waals surface area contributed by atoms with E-state index in [4.69, 9.17) is 17.7 Å². The second kappa shape index (κ2) is 4.06. The lowest BCUT2D eigenvalue weighted by molar-refractivity contribution is -0.0453. The average Bonchev–Trinajstić information content (AvgIpc) is 2.97. The zero-order chi connectivity index (χ0) is 21.2. The molecule has 116 valence electrons. The Morgan fingerprint density at radius 2 is 2.45 bits per heavy atom. The van der Waals surface area contributed by atoms with E-state index in [1.165, 1.54) is 13.2 Å². The molecule has 2 aliphatic heterocycles. The molecule has 2 aliphatic carbocycles. The Balaban J connectivity index is 1.91. The maximum atomic E-state index is 10.8. The van der Waals surface area contributed by atoms with Gasteiger partial charge >= 0.3 is 0 Å². The molecule has 1 fully saturated rings. The Hall–Kier alpha value is -1.52. The average molecular weight is 306 g/mol. The fourth-order valence-electron chi connectivity index (χ4n) is 4.41. The van der Waals surface area contributed by atoms with E-state index in [-0.39, 0.29) is 24.3 Å². The van der Waals surface area contributed by atoms with Crippen LogP contribution in [0.5, 0.6) is 11.5 Å².